The summed E-state index contributed by atoms with van der Waals surface area (Å²) < 4.78 is 5.16. The van der Waals surface area contributed by atoms with Gasteiger partial charge >= 0.3 is 0 Å². The number of carbonyl (C=O) groups is 2. The second-order valence-electron chi connectivity index (χ2n) is 7.19. The molecular weight excluding hydrogens is 382 g/mol. The maximum atomic E-state index is 12.5. The normalized spacial score (nSPS) is 11.9. The number of anilines is 1. The van der Waals surface area contributed by atoms with E-state index in [4.69, 9.17) is 10.5 Å². The maximum Gasteiger partial charge on any atom is 0.251 e. The summed E-state index contributed by atoms with van der Waals surface area (Å²) in [7, 11) is 1.55. The molecule has 1 atom stereocenters. The molecule has 0 aliphatic carbocycles. The number of ether oxygens (including phenoxy) is 1. The number of rotatable bonds is 8. The van der Waals surface area contributed by atoms with Gasteiger partial charge in [-0.15, -0.1) is 0 Å². The number of amides is 2. The van der Waals surface area contributed by atoms with Gasteiger partial charge in [0.2, 0.25) is 5.91 Å². The maximum absolute atomic E-state index is 12.5. The van der Waals surface area contributed by atoms with Crippen LogP contribution in [0.4, 0.5) is 5.82 Å². The summed E-state index contributed by atoms with van der Waals surface area (Å²) in [6.07, 6.45) is 0. The summed E-state index contributed by atoms with van der Waals surface area (Å²) in [6, 6.07) is 13.8. The highest BCUT2D eigenvalue weighted by Crippen LogP contribution is 2.22. The largest absolute Gasteiger partial charge is 0.497 e. The van der Waals surface area contributed by atoms with E-state index in [2.05, 4.69) is 20.6 Å². The van der Waals surface area contributed by atoms with Crippen LogP contribution in [0.25, 0.3) is 10.9 Å². The molecule has 1 heterocycles. The fourth-order valence-corrected chi connectivity index (χ4v) is 3.05. The third-order valence-electron chi connectivity index (χ3n) is 4.65. The van der Waals surface area contributed by atoms with Crippen LogP contribution in [-0.4, -0.2) is 34.9 Å². The van der Waals surface area contributed by atoms with Gasteiger partial charge in [0.05, 0.1) is 19.2 Å². The van der Waals surface area contributed by atoms with Crippen molar-refractivity contribution in [2.24, 2.45) is 11.7 Å². The van der Waals surface area contributed by atoms with Crippen LogP contribution in [0.3, 0.4) is 0 Å². The van der Waals surface area contributed by atoms with Crippen LogP contribution in [0, 0.1) is 5.92 Å². The number of nitrogens with zero attached hydrogens (tertiary/aromatic N) is 2. The van der Waals surface area contributed by atoms with Gasteiger partial charge in [0.1, 0.15) is 17.6 Å². The molecule has 8 heteroatoms. The van der Waals surface area contributed by atoms with Gasteiger partial charge in [0.25, 0.3) is 5.91 Å². The molecule has 30 heavy (non-hydrogen) atoms. The first kappa shape index (κ1) is 21.0. The third kappa shape index (κ3) is 4.83. The Morgan fingerprint density at radius 2 is 1.87 bits per heavy atom. The Morgan fingerprint density at radius 3 is 2.57 bits per heavy atom. The van der Waals surface area contributed by atoms with E-state index < -0.39 is 11.9 Å². The number of aromatic nitrogens is 2. The number of nitrogens with two attached hydrogens (primary N) is 1. The number of hydrogen-bond acceptors (Lipinski definition) is 6. The van der Waals surface area contributed by atoms with E-state index in [1.54, 1.807) is 31.4 Å². The molecule has 0 fully saturated rings. The van der Waals surface area contributed by atoms with E-state index in [0.29, 0.717) is 28.5 Å². The number of nitrogens with one attached hydrogen (secondary N) is 2. The third-order valence-corrected chi connectivity index (χ3v) is 4.65. The van der Waals surface area contributed by atoms with Gasteiger partial charge in [0, 0.05) is 10.9 Å². The highest BCUT2D eigenvalue weighted by molar-refractivity contribution is 5.95. The summed E-state index contributed by atoms with van der Waals surface area (Å²) in [4.78, 5) is 33.4. The summed E-state index contributed by atoms with van der Waals surface area (Å²) in [5, 5.41) is 6.73. The molecule has 3 aromatic rings. The van der Waals surface area contributed by atoms with Crippen LogP contribution in [0.1, 0.15) is 30.0 Å². The van der Waals surface area contributed by atoms with Crippen molar-refractivity contribution in [3.05, 3.63) is 59.9 Å². The van der Waals surface area contributed by atoms with E-state index in [1.807, 2.05) is 38.1 Å². The predicted octanol–water partition coefficient (Wildman–Crippen LogP) is 2.49. The fraction of sp³-hybridized carbons (Fsp3) is 0.273. The number of primary amides is 1. The number of hydrogen-bond donors (Lipinski definition) is 3. The summed E-state index contributed by atoms with van der Waals surface area (Å²) >= 11 is 0. The molecule has 0 spiro atoms. The number of benzene rings is 2. The lowest BCUT2D eigenvalue weighted by Crippen LogP contribution is -2.40. The van der Waals surface area contributed by atoms with Crippen molar-refractivity contribution in [2.75, 3.05) is 12.4 Å². The Kier molecular flexibility index (Phi) is 6.46. The van der Waals surface area contributed by atoms with Crippen molar-refractivity contribution in [3.8, 4) is 5.75 Å². The molecule has 0 saturated carbocycles. The van der Waals surface area contributed by atoms with Gasteiger partial charge in [-0.25, -0.2) is 9.97 Å². The minimum atomic E-state index is -0.581. The number of para-hydroxylation sites is 1. The number of carbonyl (C=O) groups excluding carboxylic acids is 2. The zero-order valence-corrected chi connectivity index (χ0v) is 17.2. The molecule has 0 aliphatic heterocycles. The second kappa shape index (κ2) is 9.21. The van der Waals surface area contributed by atoms with Gasteiger partial charge in [0.15, 0.2) is 5.82 Å². The first-order chi connectivity index (χ1) is 14.4. The molecule has 2 aromatic carbocycles. The molecule has 0 bridgehead atoms. The predicted molar refractivity (Wildman–Crippen MR) is 115 cm³/mol. The van der Waals surface area contributed by atoms with E-state index in [1.165, 1.54) is 0 Å². The topological polar surface area (TPSA) is 119 Å². The number of methoxy groups -OCH3 is 1. The van der Waals surface area contributed by atoms with Crippen molar-refractivity contribution >= 4 is 28.5 Å². The molecule has 8 nitrogen and oxygen atoms in total. The lowest BCUT2D eigenvalue weighted by Gasteiger charge is -2.21. The Hall–Kier alpha value is -3.68. The van der Waals surface area contributed by atoms with Crippen LogP contribution >= 0.6 is 0 Å². The second-order valence-corrected chi connectivity index (χ2v) is 7.19. The summed E-state index contributed by atoms with van der Waals surface area (Å²) in [6.45, 7) is 3.93. The molecule has 0 unspecified atom stereocenters. The Balaban J connectivity index is 1.85. The van der Waals surface area contributed by atoms with Crippen LogP contribution < -0.4 is 21.1 Å². The van der Waals surface area contributed by atoms with Crippen LogP contribution in [0.2, 0.25) is 0 Å². The Morgan fingerprint density at radius 1 is 1.10 bits per heavy atom. The SMILES string of the molecule is COc1cccc(C(=O)NCc2nc(N[C@H](C(N)=O)C(C)C)c3ccccc3n2)c1. The minimum absolute atomic E-state index is 0.0209. The van der Waals surface area contributed by atoms with Gasteiger partial charge in [-0.1, -0.05) is 32.0 Å². The quantitative estimate of drug-likeness (QED) is 0.528. The van der Waals surface area contributed by atoms with Crippen molar-refractivity contribution < 1.29 is 14.3 Å². The molecule has 2 amide bonds. The molecule has 156 valence electrons. The average molecular weight is 407 g/mol. The Labute approximate surface area is 174 Å². The van der Waals surface area contributed by atoms with Crippen molar-refractivity contribution in [1.82, 2.24) is 15.3 Å². The molecular formula is C22H25N5O3. The molecule has 4 N–H and O–H groups in total. The summed E-state index contributed by atoms with van der Waals surface area (Å²) in [5.41, 5.74) is 6.72. The lowest BCUT2D eigenvalue weighted by atomic mass is 10.0. The molecule has 0 saturated heterocycles. The Bertz CT molecular complexity index is 1070. The highest BCUT2D eigenvalue weighted by atomic mass is 16.5. The van der Waals surface area contributed by atoms with Gasteiger partial charge in [-0.05, 0) is 36.2 Å². The molecule has 0 radical (unpaired) electrons. The zero-order valence-electron chi connectivity index (χ0n) is 17.2. The van der Waals surface area contributed by atoms with Gasteiger partial charge in [-0.2, -0.15) is 0 Å². The van der Waals surface area contributed by atoms with E-state index >= 15 is 0 Å². The average Bonchev–Trinajstić information content (AvgIpc) is 2.75. The first-order valence-corrected chi connectivity index (χ1v) is 9.62. The fourth-order valence-electron chi connectivity index (χ4n) is 3.05. The van der Waals surface area contributed by atoms with Gasteiger partial charge < -0.3 is 21.1 Å². The molecule has 0 aliphatic rings. The van der Waals surface area contributed by atoms with Crippen molar-refractivity contribution in [1.29, 1.82) is 0 Å². The van der Waals surface area contributed by atoms with E-state index in [0.717, 1.165) is 5.39 Å². The van der Waals surface area contributed by atoms with Crippen LogP contribution in [-0.2, 0) is 11.3 Å². The first-order valence-electron chi connectivity index (χ1n) is 9.62. The smallest absolute Gasteiger partial charge is 0.251 e. The van der Waals surface area contributed by atoms with Crippen molar-refractivity contribution in [2.45, 2.75) is 26.4 Å². The standard InChI is InChI=1S/C22H25N5O3/c1-13(2)19(20(23)28)27-21-16-9-4-5-10-17(16)25-18(26-21)12-24-22(29)14-7-6-8-15(11-14)30-3/h4-11,13,19H,12H2,1-3H3,(H2,23,28)(H,24,29)(H,25,26,27)/t19-/m0/s1. The zero-order chi connectivity index (χ0) is 21.7. The van der Waals surface area contributed by atoms with E-state index in [9.17, 15) is 9.59 Å². The lowest BCUT2D eigenvalue weighted by molar-refractivity contribution is -0.119. The highest BCUT2D eigenvalue weighted by Gasteiger charge is 2.21. The van der Waals surface area contributed by atoms with Crippen LogP contribution in [0.15, 0.2) is 48.5 Å². The molecule has 3 rings (SSSR count). The van der Waals surface area contributed by atoms with Crippen molar-refractivity contribution in [3.63, 3.8) is 0 Å². The molecule has 1 aromatic heterocycles. The summed E-state index contributed by atoms with van der Waals surface area (Å²) in [5.74, 6) is 0.774. The number of fused-ring (bicyclic) bond motifs is 1. The minimum Gasteiger partial charge on any atom is -0.497 e. The van der Waals surface area contributed by atoms with E-state index in [-0.39, 0.29) is 18.4 Å². The van der Waals surface area contributed by atoms with Crippen LogP contribution in [0.5, 0.6) is 5.75 Å². The monoisotopic (exact) mass is 407 g/mol. The van der Waals surface area contributed by atoms with Gasteiger partial charge in [-0.3, -0.25) is 9.59 Å².